The summed E-state index contributed by atoms with van der Waals surface area (Å²) in [4.78, 5) is 14.4. The minimum Gasteiger partial charge on any atom is -0.322 e. The van der Waals surface area contributed by atoms with E-state index in [2.05, 4.69) is 0 Å². The molecule has 2 aromatic carbocycles. The predicted octanol–water partition coefficient (Wildman–Crippen LogP) is 6.92. The zero-order valence-electron chi connectivity index (χ0n) is 14.8. The SMILES string of the molecule is Cc1ccc(Cl)c([C@@H]2CC[C@H]3[C@@H](c4cc(F)cc(C(F)(F)F)c4)SC(=O)N23)c1. The Bertz CT molecular complexity index is 948. The summed E-state index contributed by atoms with van der Waals surface area (Å²) in [6.07, 6.45) is -3.36. The lowest BCUT2D eigenvalue weighted by Gasteiger charge is -2.26. The fourth-order valence-corrected chi connectivity index (χ4v) is 5.64. The van der Waals surface area contributed by atoms with Crippen LogP contribution in [0.3, 0.4) is 0 Å². The van der Waals surface area contributed by atoms with E-state index in [9.17, 15) is 22.4 Å². The van der Waals surface area contributed by atoms with Crippen LogP contribution in [0, 0.1) is 12.7 Å². The van der Waals surface area contributed by atoms with E-state index in [1.165, 1.54) is 0 Å². The van der Waals surface area contributed by atoms with Crippen molar-refractivity contribution in [3.05, 3.63) is 69.5 Å². The first kappa shape index (κ1) is 19.6. The number of amides is 1. The van der Waals surface area contributed by atoms with Crippen molar-refractivity contribution in [2.75, 3.05) is 0 Å². The Hall–Kier alpha value is -1.73. The van der Waals surface area contributed by atoms with Crippen molar-refractivity contribution < 1.29 is 22.4 Å². The molecule has 8 heteroatoms. The van der Waals surface area contributed by atoms with Crippen LogP contribution in [-0.2, 0) is 6.18 Å². The van der Waals surface area contributed by atoms with Gasteiger partial charge in [-0.2, -0.15) is 13.2 Å². The van der Waals surface area contributed by atoms with E-state index < -0.39 is 22.8 Å². The third kappa shape index (κ3) is 3.39. The van der Waals surface area contributed by atoms with Gasteiger partial charge in [-0.15, -0.1) is 0 Å². The Morgan fingerprint density at radius 1 is 1.14 bits per heavy atom. The molecule has 2 aromatic rings. The highest BCUT2D eigenvalue weighted by Gasteiger charge is 2.49. The van der Waals surface area contributed by atoms with Crippen molar-refractivity contribution in [1.82, 2.24) is 4.90 Å². The third-order valence-electron chi connectivity index (χ3n) is 5.30. The second kappa shape index (κ2) is 6.95. The molecule has 2 fully saturated rings. The number of carbonyl (C=O) groups excluding carboxylic acids is 1. The van der Waals surface area contributed by atoms with Crippen molar-refractivity contribution in [2.45, 2.75) is 43.3 Å². The number of benzene rings is 2. The molecule has 0 N–H and O–H groups in total. The Morgan fingerprint density at radius 3 is 2.61 bits per heavy atom. The standard InChI is InChI=1S/C20H16ClF4NOS/c1-10-2-3-15(21)14(6-10)16-4-5-17-18(28-19(27)26(16)17)11-7-12(20(23,24)25)9-13(22)8-11/h2-3,6-9,16-18H,4-5H2,1H3/t16-,17-,18+/m0/s1. The molecule has 2 heterocycles. The summed E-state index contributed by atoms with van der Waals surface area (Å²) in [6.45, 7) is 1.93. The van der Waals surface area contributed by atoms with Crippen molar-refractivity contribution in [3.8, 4) is 0 Å². The van der Waals surface area contributed by atoms with E-state index in [4.69, 9.17) is 11.6 Å². The largest absolute Gasteiger partial charge is 0.416 e. The smallest absolute Gasteiger partial charge is 0.322 e. The lowest BCUT2D eigenvalue weighted by Crippen LogP contribution is -2.30. The Balaban J connectivity index is 1.69. The van der Waals surface area contributed by atoms with Crippen LogP contribution in [0.1, 0.15) is 46.4 Å². The average molecular weight is 430 g/mol. The molecule has 0 saturated carbocycles. The fraction of sp³-hybridized carbons (Fsp3) is 0.350. The van der Waals surface area contributed by atoms with Gasteiger partial charge in [0.1, 0.15) is 5.82 Å². The molecular weight excluding hydrogens is 414 g/mol. The van der Waals surface area contributed by atoms with Crippen LogP contribution in [0.15, 0.2) is 36.4 Å². The first-order chi connectivity index (χ1) is 13.1. The summed E-state index contributed by atoms with van der Waals surface area (Å²) in [5.41, 5.74) is 1.01. The number of aryl methyl sites for hydroxylation is 1. The van der Waals surface area contributed by atoms with Gasteiger partial charge in [-0.05, 0) is 55.2 Å². The normalized spacial score (nSPS) is 24.7. The maximum Gasteiger partial charge on any atom is 0.416 e. The quantitative estimate of drug-likeness (QED) is 0.483. The van der Waals surface area contributed by atoms with Gasteiger partial charge in [0.15, 0.2) is 0 Å². The van der Waals surface area contributed by atoms with Crippen molar-refractivity contribution in [1.29, 1.82) is 0 Å². The monoisotopic (exact) mass is 429 g/mol. The molecule has 0 spiro atoms. The summed E-state index contributed by atoms with van der Waals surface area (Å²) >= 11 is 7.30. The van der Waals surface area contributed by atoms with E-state index in [-0.39, 0.29) is 22.9 Å². The molecule has 2 nitrogen and oxygen atoms in total. The molecule has 3 atom stereocenters. The highest BCUT2D eigenvalue weighted by molar-refractivity contribution is 8.14. The molecule has 0 aromatic heterocycles. The number of rotatable bonds is 2. The number of hydrogen-bond donors (Lipinski definition) is 0. The number of fused-ring (bicyclic) bond motifs is 1. The zero-order chi connectivity index (χ0) is 20.2. The van der Waals surface area contributed by atoms with Crippen molar-refractivity contribution in [3.63, 3.8) is 0 Å². The van der Waals surface area contributed by atoms with Gasteiger partial charge in [0.05, 0.1) is 16.9 Å². The van der Waals surface area contributed by atoms with E-state index in [0.717, 1.165) is 35.0 Å². The first-order valence-corrected chi connectivity index (χ1v) is 10.0. The van der Waals surface area contributed by atoms with Crippen LogP contribution in [0.25, 0.3) is 0 Å². The van der Waals surface area contributed by atoms with E-state index >= 15 is 0 Å². The van der Waals surface area contributed by atoms with Crippen LogP contribution in [0.5, 0.6) is 0 Å². The summed E-state index contributed by atoms with van der Waals surface area (Å²) < 4.78 is 53.1. The summed E-state index contributed by atoms with van der Waals surface area (Å²) in [5.74, 6) is -0.951. The molecular formula is C20H16ClF4NOS. The Kier molecular flexibility index (Phi) is 4.86. The molecule has 0 aliphatic carbocycles. The zero-order valence-corrected chi connectivity index (χ0v) is 16.3. The van der Waals surface area contributed by atoms with Gasteiger partial charge in [-0.1, -0.05) is 41.1 Å². The molecule has 148 valence electrons. The molecule has 0 unspecified atom stereocenters. The number of hydrogen-bond acceptors (Lipinski definition) is 2. The first-order valence-electron chi connectivity index (χ1n) is 8.78. The number of alkyl halides is 3. The highest BCUT2D eigenvalue weighted by Crippen LogP contribution is 2.54. The average Bonchev–Trinajstić information content (AvgIpc) is 3.17. The lowest BCUT2D eigenvalue weighted by molar-refractivity contribution is -0.137. The van der Waals surface area contributed by atoms with Crippen LogP contribution < -0.4 is 0 Å². The molecule has 2 saturated heterocycles. The number of nitrogens with zero attached hydrogens (tertiary/aromatic N) is 1. The van der Waals surface area contributed by atoms with Crippen LogP contribution in [0.4, 0.5) is 22.4 Å². The molecule has 28 heavy (non-hydrogen) atoms. The number of halogens is 5. The van der Waals surface area contributed by atoms with Gasteiger partial charge in [0, 0.05) is 11.1 Å². The van der Waals surface area contributed by atoms with Crippen LogP contribution in [0.2, 0.25) is 5.02 Å². The van der Waals surface area contributed by atoms with Gasteiger partial charge >= 0.3 is 6.18 Å². The topological polar surface area (TPSA) is 20.3 Å². The van der Waals surface area contributed by atoms with E-state index in [1.807, 2.05) is 19.1 Å². The number of carbonyl (C=O) groups is 1. The molecule has 0 radical (unpaired) electrons. The van der Waals surface area contributed by atoms with Gasteiger partial charge in [0.2, 0.25) is 0 Å². The van der Waals surface area contributed by atoms with Crippen LogP contribution in [-0.4, -0.2) is 16.2 Å². The fourth-order valence-electron chi connectivity index (χ4n) is 4.10. The second-order valence-electron chi connectivity index (χ2n) is 7.17. The lowest BCUT2D eigenvalue weighted by atomic mass is 10.0. The minimum absolute atomic E-state index is 0.189. The summed E-state index contributed by atoms with van der Waals surface area (Å²) in [5, 5.41) is -0.201. The predicted molar refractivity (Wildman–Crippen MR) is 101 cm³/mol. The Morgan fingerprint density at radius 2 is 1.89 bits per heavy atom. The maximum absolute atomic E-state index is 13.9. The summed E-state index contributed by atoms with van der Waals surface area (Å²) in [6, 6.07) is 7.61. The molecule has 0 bridgehead atoms. The van der Waals surface area contributed by atoms with Gasteiger partial charge in [-0.25, -0.2) is 4.39 Å². The van der Waals surface area contributed by atoms with Crippen molar-refractivity contribution in [2.24, 2.45) is 0 Å². The second-order valence-corrected chi connectivity index (χ2v) is 8.67. The Labute approximate surface area is 168 Å². The molecule has 2 aliphatic heterocycles. The van der Waals surface area contributed by atoms with Crippen molar-refractivity contribution >= 4 is 28.6 Å². The molecule has 2 aliphatic rings. The van der Waals surface area contributed by atoms with E-state index in [0.29, 0.717) is 23.9 Å². The van der Waals surface area contributed by atoms with E-state index in [1.54, 1.807) is 11.0 Å². The molecule has 4 rings (SSSR count). The van der Waals surface area contributed by atoms with Gasteiger partial charge in [0.25, 0.3) is 5.24 Å². The number of thioether (sulfide) groups is 1. The maximum atomic E-state index is 13.9. The third-order valence-corrected chi connectivity index (χ3v) is 6.90. The van der Waals surface area contributed by atoms with Crippen LogP contribution >= 0.6 is 23.4 Å². The van der Waals surface area contributed by atoms with Gasteiger partial charge < -0.3 is 4.90 Å². The summed E-state index contributed by atoms with van der Waals surface area (Å²) in [7, 11) is 0. The van der Waals surface area contributed by atoms with Gasteiger partial charge in [-0.3, -0.25) is 4.79 Å². The highest BCUT2D eigenvalue weighted by atomic mass is 35.5. The molecule has 1 amide bonds. The minimum atomic E-state index is -4.64.